The summed E-state index contributed by atoms with van der Waals surface area (Å²) in [5, 5.41) is 9.85. The van der Waals surface area contributed by atoms with Gasteiger partial charge in [0, 0.05) is 19.6 Å². The summed E-state index contributed by atoms with van der Waals surface area (Å²) in [5.41, 5.74) is 8.47. The molecule has 0 spiro atoms. The molecule has 3 aromatic rings. The third-order valence-corrected chi connectivity index (χ3v) is 5.89. The maximum absolute atomic E-state index is 5.50. The molecule has 180 valence electrons. The van der Waals surface area contributed by atoms with E-state index in [9.17, 15) is 0 Å². The topological polar surface area (TPSA) is 63.8 Å². The van der Waals surface area contributed by atoms with E-state index >= 15 is 0 Å². The molecule has 34 heavy (non-hydrogen) atoms. The first-order valence-corrected chi connectivity index (χ1v) is 11.9. The van der Waals surface area contributed by atoms with Crippen molar-refractivity contribution in [3.05, 3.63) is 70.8 Å². The van der Waals surface area contributed by atoms with Crippen LogP contribution in [0.3, 0.4) is 0 Å². The second-order valence-corrected chi connectivity index (χ2v) is 8.76. The maximum atomic E-state index is 5.50. The van der Waals surface area contributed by atoms with Gasteiger partial charge < -0.3 is 30.2 Å². The quantitative estimate of drug-likeness (QED) is 0.399. The number of anilines is 3. The van der Waals surface area contributed by atoms with Crippen LogP contribution in [0, 0.1) is 27.7 Å². The Morgan fingerprint density at radius 1 is 0.500 bits per heavy atom. The van der Waals surface area contributed by atoms with Gasteiger partial charge in [-0.1, -0.05) is 12.1 Å². The van der Waals surface area contributed by atoms with Gasteiger partial charge in [0.1, 0.15) is 37.1 Å². The van der Waals surface area contributed by atoms with E-state index in [0.717, 1.165) is 73.8 Å². The standard InChI is InChI=1S/C10H13NO.2C9H11NO/c1-7-5-9-10(6-8(7)2)12-4-3-11-9;1-7-2-3-9-8(6-7)10-4-5-11-9;1-7-2-3-8-9(6-7)11-5-4-10-8/h5-6,11H,3-4H2,1-2H3;2*2-3,6,10H,4-5H2,1H3. The minimum atomic E-state index is 0.773. The molecule has 0 aromatic heterocycles. The zero-order valence-electron chi connectivity index (χ0n) is 20.6. The molecule has 0 aliphatic carbocycles. The minimum Gasteiger partial charge on any atom is -0.490 e. The molecule has 0 radical (unpaired) electrons. The van der Waals surface area contributed by atoms with Crippen LogP contribution in [0.4, 0.5) is 17.1 Å². The van der Waals surface area contributed by atoms with Gasteiger partial charge in [-0.25, -0.2) is 0 Å². The van der Waals surface area contributed by atoms with Crippen molar-refractivity contribution in [2.75, 3.05) is 55.4 Å². The number of hydrogen-bond acceptors (Lipinski definition) is 6. The number of hydrogen-bond donors (Lipinski definition) is 3. The Morgan fingerprint density at radius 3 is 1.71 bits per heavy atom. The average molecular weight is 462 g/mol. The SMILES string of the molecule is Cc1cc2c(cc1C)OCCN2.Cc1ccc2c(c1)NCCO2.Cc1ccc2c(c1)OCCN2. The van der Waals surface area contributed by atoms with Gasteiger partial charge in [-0.15, -0.1) is 0 Å². The van der Waals surface area contributed by atoms with Crippen LogP contribution in [-0.2, 0) is 0 Å². The van der Waals surface area contributed by atoms with Crippen LogP contribution in [0.5, 0.6) is 17.2 Å². The van der Waals surface area contributed by atoms with Crippen molar-refractivity contribution in [2.24, 2.45) is 0 Å². The van der Waals surface area contributed by atoms with Crippen molar-refractivity contribution in [3.63, 3.8) is 0 Å². The summed E-state index contributed by atoms with van der Waals surface area (Å²) in [6, 6.07) is 16.6. The molecule has 0 fully saturated rings. The lowest BCUT2D eigenvalue weighted by molar-refractivity contribution is 0.323. The summed E-state index contributed by atoms with van der Waals surface area (Å²) < 4.78 is 16.4. The fourth-order valence-corrected chi connectivity index (χ4v) is 3.89. The van der Waals surface area contributed by atoms with Crippen molar-refractivity contribution < 1.29 is 14.2 Å². The van der Waals surface area contributed by atoms with Crippen LogP contribution in [0.15, 0.2) is 48.5 Å². The molecule has 0 saturated heterocycles. The lowest BCUT2D eigenvalue weighted by Crippen LogP contribution is -2.18. The first kappa shape index (κ1) is 23.6. The molecular formula is C28H35N3O3. The van der Waals surface area contributed by atoms with Crippen LogP contribution in [0.25, 0.3) is 0 Å². The highest BCUT2D eigenvalue weighted by molar-refractivity contribution is 5.61. The Balaban J connectivity index is 0.000000121. The van der Waals surface area contributed by atoms with E-state index in [-0.39, 0.29) is 0 Å². The van der Waals surface area contributed by atoms with E-state index in [4.69, 9.17) is 14.2 Å². The van der Waals surface area contributed by atoms with E-state index < -0.39 is 0 Å². The molecule has 3 aliphatic heterocycles. The fraction of sp³-hybridized carbons (Fsp3) is 0.357. The Kier molecular flexibility index (Phi) is 7.68. The van der Waals surface area contributed by atoms with Crippen molar-refractivity contribution in [3.8, 4) is 17.2 Å². The number of rotatable bonds is 0. The highest BCUT2D eigenvalue weighted by Crippen LogP contribution is 2.30. The highest BCUT2D eigenvalue weighted by atomic mass is 16.5. The van der Waals surface area contributed by atoms with Gasteiger partial charge in [0.2, 0.25) is 0 Å². The average Bonchev–Trinajstić information content (AvgIpc) is 2.85. The number of ether oxygens (including phenoxy) is 3. The molecule has 0 bridgehead atoms. The third kappa shape index (κ3) is 6.07. The summed E-state index contributed by atoms with van der Waals surface area (Å²) in [6.07, 6.45) is 0. The van der Waals surface area contributed by atoms with Crippen LogP contribution in [0.2, 0.25) is 0 Å². The second kappa shape index (κ2) is 11.1. The summed E-state index contributed by atoms with van der Waals surface area (Å²) in [7, 11) is 0. The van der Waals surface area contributed by atoms with E-state index in [2.05, 4.69) is 86.1 Å². The van der Waals surface area contributed by atoms with Crippen molar-refractivity contribution in [2.45, 2.75) is 27.7 Å². The lowest BCUT2D eigenvalue weighted by Gasteiger charge is -2.20. The van der Waals surface area contributed by atoms with Gasteiger partial charge in [-0.2, -0.15) is 0 Å². The minimum absolute atomic E-state index is 0.773. The highest BCUT2D eigenvalue weighted by Gasteiger charge is 2.10. The number of benzene rings is 3. The van der Waals surface area contributed by atoms with E-state index in [1.54, 1.807) is 0 Å². The van der Waals surface area contributed by atoms with Gasteiger partial charge in [0.25, 0.3) is 0 Å². The fourth-order valence-electron chi connectivity index (χ4n) is 3.89. The zero-order valence-corrected chi connectivity index (χ0v) is 20.6. The van der Waals surface area contributed by atoms with Gasteiger partial charge in [0.05, 0.1) is 17.1 Å². The van der Waals surface area contributed by atoms with Gasteiger partial charge in [0.15, 0.2) is 0 Å². The van der Waals surface area contributed by atoms with Crippen molar-refractivity contribution in [1.29, 1.82) is 0 Å². The predicted molar refractivity (Wildman–Crippen MR) is 140 cm³/mol. The molecule has 6 heteroatoms. The normalized spacial score (nSPS) is 14.6. The van der Waals surface area contributed by atoms with Crippen LogP contribution in [0.1, 0.15) is 22.3 Å². The van der Waals surface area contributed by atoms with Gasteiger partial charge in [-0.05, 0) is 86.3 Å². The van der Waals surface area contributed by atoms with Crippen LogP contribution < -0.4 is 30.2 Å². The molecule has 6 rings (SSSR count). The summed E-state index contributed by atoms with van der Waals surface area (Å²) >= 11 is 0. The summed E-state index contributed by atoms with van der Waals surface area (Å²) in [5.74, 6) is 2.95. The molecule has 0 saturated carbocycles. The zero-order chi connectivity index (χ0) is 23.9. The van der Waals surface area contributed by atoms with E-state index in [1.165, 1.54) is 22.3 Å². The summed E-state index contributed by atoms with van der Waals surface area (Å²) in [4.78, 5) is 0. The molecule has 6 nitrogen and oxygen atoms in total. The molecule has 0 unspecified atom stereocenters. The Morgan fingerprint density at radius 2 is 1.00 bits per heavy atom. The molecule has 3 aliphatic rings. The Hall–Kier alpha value is -3.54. The Labute approximate surface area is 202 Å². The van der Waals surface area contributed by atoms with Gasteiger partial charge >= 0.3 is 0 Å². The molecular weight excluding hydrogens is 426 g/mol. The maximum Gasteiger partial charge on any atom is 0.142 e. The third-order valence-electron chi connectivity index (χ3n) is 5.89. The molecule has 3 aromatic carbocycles. The van der Waals surface area contributed by atoms with Gasteiger partial charge in [-0.3, -0.25) is 0 Å². The molecule has 3 N–H and O–H groups in total. The first-order chi connectivity index (χ1) is 16.5. The number of nitrogens with one attached hydrogen (secondary N) is 3. The van der Waals surface area contributed by atoms with Crippen LogP contribution >= 0.6 is 0 Å². The van der Waals surface area contributed by atoms with Crippen molar-refractivity contribution in [1.82, 2.24) is 0 Å². The molecule has 3 heterocycles. The summed E-state index contributed by atoms with van der Waals surface area (Å²) in [6.45, 7) is 13.4. The lowest BCUT2D eigenvalue weighted by atomic mass is 10.1. The Bertz CT molecular complexity index is 1040. The second-order valence-electron chi connectivity index (χ2n) is 8.76. The smallest absolute Gasteiger partial charge is 0.142 e. The largest absolute Gasteiger partial charge is 0.490 e. The van der Waals surface area contributed by atoms with E-state index in [1.807, 2.05) is 6.07 Å². The predicted octanol–water partition coefficient (Wildman–Crippen LogP) is 5.71. The van der Waals surface area contributed by atoms with Crippen molar-refractivity contribution >= 4 is 17.1 Å². The van der Waals surface area contributed by atoms with Crippen LogP contribution in [-0.4, -0.2) is 39.5 Å². The first-order valence-electron chi connectivity index (χ1n) is 11.9. The monoisotopic (exact) mass is 461 g/mol. The van der Waals surface area contributed by atoms with E-state index in [0.29, 0.717) is 0 Å². The molecule has 0 atom stereocenters. The number of fused-ring (bicyclic) bond motifs is 3. The number of aryl methyl sites for hydroxylation is 4. The molecule has 0 amide bonds.